The quantitative estimate of drug-likeness (QED) is 0.791. The van der Waals surface area contributed by atoms with Crippen LogP contribution in [0, 0.1) is 0 Å². The second-order valence-corrected chi connectivity index (χ2v) is 6.36. The lowest BCUT2D eigenvalue weighted by Crippen LogP contribution is -1.98. The number of nitrogens with zero attached hydrogens (tertiary/aromatic N) is 1. The SMILES string of the molecule is CCSc1ccccc1NCc1cnc(CC)s1. The van der Waals surface area contributed by atoms with Gasteiger partial charge in [0.05, 0.1) is 11.6 Å². The summed E-state index contributed by atoms with van der Waals surface area (Å²) in [6.07, 6.45) is 3.00. The van der Waals surface area contributed by atoms with Crippen LogP contribution in [0.3, 0.4) is 0 Å². The molecular weight excluding hydrogens is 260 g/mol. The van der Waals surface area contributed by atoms with Gasteiger partial charge in [0.15, 0.2) is 0 Å². The molecule has 0 saturated heterocycles. The third kappa shape index (κ3) is 3.50. The third-order valence-electron chi connectivity index (χ3n) is 2.54. The Kier molecular flexibility index (Phi) is 5.08. The predicted molar refractivity (Wildman–Crippen MR) is 81.7 cm³/mol. The largest absolute Gasteiger partial charge is 0.379 e. The van der Waals surface area contributed by atoms with Crippen LogP contribution in [0.5, 0.6) is 0 Å². The average molecular weight is 278 g/mol. The number of aromatic nitrogens is 1. The topological polar surface area (TPSA) is 24.9 Å². The van der Waals surface area contributed by atoms with E-state index in [2.05, 4.69) is 48.4 Å². The zero-order chi connectivity index (χ0) is 12.8. The molecule has 2 aromatic rings. The van der Waals surface area contributed by atoms with Crippen molar-refractivity contribution in [2.24, 2.45) is 0 Å². The highest BCUT2D eigenvalue weighted by Gasteiger charge is 2.03. The van der Waals surface area contributed by atoms with Crippen molar-refractivity contribution in [1.82, 2.24) is 4.98 Å². The van der Waals surface area contributed by atoms with Crippen molar-refractivity contribution in [3.8, 4) is 0 Å². The van der Waals surface area contributed by atoms with Gasteiger partial charge in [0.25, 0.3) is 0 Å². The van der Waals surface area contributed by atoms with E-state index in [0.29, 0.717) is 0 Å². The Hall–Kier alpha value is -1.00. The van der Waals surface area contributed by atoms with Crippen molar-refractivity contribution < 1.29 is 0 Å². The Morgan fingerprint density at radius 1 is 1.28 bits per heavy atom. The standard InChI is InChI=1S/C14H18N2S2/c1-3-14-16-10-11(18-14)9-15-12-7-5-6-8-13(12)17-4-2/h5-8,10,15H,3-4,9H2,1-2H3. The maximum atomic E-state index is 4.38. The van der Waals surface area contributed by atoms with Crippen molar-refractivity contribution in [3.05, 3.63) is 40.3 Å². The summed E-state index contributed by atoms with van der Waals surface area (Å²) < 4.78 is 0. The Morgan fingerprint density at radius 3 is 2.83 bits per heavy atom. The molecule has 0 fully saturated rings. The van der Waals surface area contributed by atoms with Gasteiger partial charge in [-0.2, -0.15) is 0 Å². The molecule has 0 spiro atoms. The van der Waals surface area contributed by atoms with E-state index in [9.17, 15) is 0 Å². The summed E-state index contributed by atoms with van der Waals surface area (Å²) in [5.74, 6) is 1.10. The van der Waals surface area contributed by atoms with Gasteiger partial charge >= 0.3 is 0 Å². The third-order valence-corrected chi connectivity index (χ3v) is 4.64. The molecule has 18 heavy (non-hydrogen) atoms. The number of rotatable bonds is 6. The molecule has 2 nitrogen and oxygen atoms in total. The van der Waals surface area contributed by atoms with E-state index in [1.165, 1.54) is 20.5 Å². The summed E-state index contributed by atoms with van der Waals surface area (Å²) in [7, 11) is 0. The van der Waals surface area contributed by atoms with Gasteiger partial charge in [-0.05, 0) is 24.3 Å². The van der Waals surface area contributed by atoms with Gasteiger partial charge in [0.1, 0.15) is 0 Å². The first kappa shape index (κ1) is 13.4. The minimum Gasteiger partial charge on any atom is -0.379 e. The van der Waals surface area contributed by atoms with Crippen molar-refractivity contribution in [2.45, 2.75) is 31.7 Å². The number of thioether (sulfide) groups is 1. The van der Waals surface area contributed by atoms with Crippen LogP contribution in [0.4, 0.5) is 5.69 Å². The molecule has 96 valence electrons. The molecule has 1 heterocycles. The minimum absolute atomic E-state index is 0.860. The van der Waals surface area contributed by atoms with Gasteiger partial charge in [0.2, 0.25) is 0 Å². The van der Waals surface area contributed by atoms with E-state index >= 15 is 0 Å². The van der Waals surface area contributed by atoms with E-state index in [-0.39, 0.29) is 0 Å². The Labute approximate surface area is 117 Å². The highest BCUT2D eigenvalue weighted by molar-refractivity contribution is 7.99. The van der Waals surface area contributed by atoms with E-state index in [1.807, 2.05) is 18.0 Å². The number of hydrogen-bond acceptors (Lipinski definition) is 4. The van der Waals surface area contributed by atoms with Gasteiger partial charge in [0, 0.05) is 21.7 Å². The minimum atomic E-state index is 0.860. The molecule has 0 aliphatic heterocycles. The van der Waals surface area contributed by atoms with Crippen LogP contribution >= 0.6 is 23.1 Å². The lowest BCUT2D eigenvalue weighted by atomic mass is 10.3. The van der Waals surface area contributed by atoms with Gasteiger partial charge in [-0.3, -0.25) is 0 Å². The molecule has 0 radical (unpaired) electrons. The summed E-state index contributed by atoms with van der Waals surface area (Å²) in [5.41, 5.74) is 1.22. The van der Waals surface area contributed by atoms with E-state index in [1.54, 1.807) is 11.3 Å². The molecule has 1 aromatic heterocycles. The fourth-order valence-corrected chi connectivity index (χ4v) is 3.25. The number of nitrogens with one attached hydrogen (secondary N) is 1. The van der Waals surface area contributed by atoms with Crippen LogP contribution < -0.4 is 5.32 Å². The highest BCUT2D eigenvalue weighted by Crippen LogP contribution is 2.27. The molecule has 0 amide bonds. The zero-order valence-corrected chi connectivity index (χ0v) is 12.4. The van der Waals surface area contributed by atoms with Gasteiger partial charge in [-0.1, -0.05) is 26.0 Å². The maximum absolute atomic E-state index is 4.38. The summed E-state index contributed by atoms with van der Waals surface area (Å²) in [5, 5.41) is 4.71. The summed E-state index contributed by atoms with van der Waals surface area (Å²) in [6.45, 7) is 5.18. The van der Waals surface area contributed by atoms with Gasteiger partial charge in [-0.15, -0.1) is 23.1 Å². The molecule has 0 bridgehead atoms. The van der Waals surface area contributed by atoms with Crippen LogP contribution in [0.1, 0.15) is 23.7 Å². The maximum Gasteiger partial charge on any atom is 0.0925 e. The number of anilines is 1. The number of thiazole rings is 1. The molecule has 4 heteroatoms. The molecule has 2 rings (SSSR count). The number of benzene rings is 1. The predicted octanol–water partition coefficient (Wildman–Crippen LogP) is 4.43. The zero-order valence-electron chi connectivity index (χ0n) is 10.8. The lowest BCUT2D eigenvalue weighted by Gasteiger charge is -2.09. The first-order chi connectivity index (χ1) is 8.83. The van der Waals surface area contributed by atoms with E-state index < -0.39 is 0 Å². The van der Waals surface area contributed by atoms with Crippen LogP contribution in [0.15, 0.2) is 35.4 Å². The molecule has 0 saturated carbocycles. The first-order valence-electron chi connectivity index (χ1n) is 6.22. The number of aryl methyl sites for hydroxylation is 1. The summed E-state index contributed by atoms with van der Waals surface area (Å²) in [6, 6.07) is 8.47. The fourth-order valence-electron chi connectivity index (χ4n) is 1.67. The van der Waals surface area contributed by atoms with Crippen molar-refractivity contribution in [2.75, 3.05) is 11.1 Å². The first-order valence-corrected chi connectivity index (χ1v) is 8.03. The summed E-state index contributed by atoms with van der Waals surface area (Å²) in [4.78, 5) is 6.99. The average Bonchev–Trinajstić information content (AvgIpc) is 2.86. The Morgan fingerprint density at radius 2 is 2.11 bits per heavy atom. The van der Waals surface area contributed by atoms with Crippen molar-refractivity contribution in [3.63, 3.8) is 0 Å². The van der Waals surface area contributed by atoms with Crippen LogP contribution in [0.25, 0.3) is 0 Å². The highest BCUT2D eigenvalue weighted by atomic mass is 32.2. The van der Waals surface area contributed by atoms with Crippen molar-refractivity contribution in [1.29, 1.82) is 0 Å². The fraction of sp³-hybridized carbons (Fsp3) is 0.357. The molecule has 0 aliphatic rings. The van der Waals surface area contributed by atoms with Gasteiger partial charge in [-0.25, -0.2) is 4.98 Å². The van der Waals surface area contributed by atoms with Crippen LogP contribution in [-0.4, -0.2) is 10.7 Å². The molecule has 1 aromatic carbocycles. The molecule has 0 atom stereocenters. The van der Waals surface area contributed by atoms with Crippen LogP contribution in [0.2, 0.25) is 0 Å². The number of para-hydroxylation sites is 1. The molecular formula is C14H18N2S2. The molecule has 1 N–H and O–H groups in total. The van der Waals surface area contributed by atoms with Crippen molar-refractivity contribution >= 4 is 28.8 Å². The monoisotopic (exact) mass is 278 g/mol. The summed E-state index contributed by atoms with van der Waals surface area (Å²) >= 11 is 3.66. The second kappa shape index (κ2) is 6.81. The van der Waals surface area contributed by atoms with E-state index in [4.69, 9.17) is 0 Å². The number of hydrogen-bond donors (Lipinski definition) is 1. The van der Waals surface area contributed by atoms with Gasteiger partial charge < -0.3 is 5.32 Å². The van der Waals surface area contributed by atoms with Crippen LogP contribution in [-0.2, 0) is 13.0 Å². The van der Waals surface area contributed by atoms with E-state index in [0.717, 1.165) is 18.7 Å². The normalized spacial score (nSPS) is 10.6. The lowest BCUT2D eigenvalue weighted by molar-refractivity contribution is 1.09. The molecule has 0 aliphatic carbocycles. The molecule has 0 unspecified atom stereocenters. The Balaban J connectivity index is 2.01. The second-order valence-electron chi connectivity index (χ2n) is 3.86. The Bertz CT molecular complexity index is 494. The smallest absolute Gasteiger partial charge is 0.0925 e.